The summed E-state index contributed by atoms with van der Waals surface area (Å²) in [6.45, 7) is 0.855. The summed E-state index contributed by atoms with van der Waals surface area (Å²) in [5, 5.41) is 9.20. The van der Waals surface area contributed by atoms with Crippen molar-refractivity contribution in [2.75, 3.05) is 26.4 Å². The number of carbonyl (C=O) groups excluding carboxylic acids is 1. The number of morpholine rings is 1. The summed E-state index contributed by atoms with van der Waals surface area (Å²) in [6, 6.07) is 4.14. The van der Waals surface area contributed by atoms with Gasteiger partial charge in [0.2, 0.25) is 5.91 Å². The third-order valence-corrected chi connectivity index (χ3v) is 3.40. The van der Waals surface area contributed by atoms with Crippen LogP contribution in [-0.4, -0.2) is 48.3 Å². The van der Waals surface area contributed by atoms with Crippen molar-refractivity contribution in [2.45, 2.75) is 18.6 Å². The largest absolute Gasteiger partial charge is 0.416 e. The van der Waals surface area contributed by atoms with E-state index in [-0.39, 0.29) is 31.6 Å². The summed E-state index contributed by atoms with van der Waals surface area (Å²) in [4.78, 5) is 13.7. The number of amides is 1. The van der Waals surface area contributed by atoms with Gasteiger partial charge in [0.15, 0.2) is 0 Å². The molecule has 1 amide bonds. The molecule has 1 N–H and O–H groups in total. The maximum Gasteiger partial charge on any atom is 0.416 e. The van der Waals surface area contributed by atoms with E-state index in [1.807, 2.05) is 0 Å². The molecule has 21 heavy (non-hydrogen) atoms. The lowest BCUT2D eigenvalue weighted by atomic mass is 10.1. The summed E-state index contributed by atoms with van der Waals surface area (Å²) >= 11 is 0. The molecule has 116 valence electrons. The van der Waals surface area contributed by atoms with Crippen LogP contribution in [0.2, 0.25) is 0 Å². The second-order valence-electron chi connectivity index (χ2n) is 4.87. The Kier molecular flexibility index (Phi) is 4.84. The number of carbonyl (C=O) groups is 1. The zero-order chi connectivity index (χ0) is 15.5. The number of halogens is 3. The molecular formula is C14H16F3NO3. The minimum absolute atomic E-state index is 0.00857. The van der Waals surface area contributed by atoms with Crippen LogP contribution in [-0.2, 0) is 22.1 Å². The highest BCUT2D eigenvalue weighted by molar-refractivity contribution is 5.79. The fourth-order valence-electron chi connectivity index (χ4n) is 2.22. The molecule has 4 nitrogen and oxygen atoms in total. The Hall–Kier alpha value is -1.60. The Morgan fingerprint density at radius 3 is 2.57 bits per heavy atom. The highest BCUT2D eigenvalue weighted by atomic mass is 19.4. The molecule has 0 spiro atoms. The summed E-state index contributed by atoms with van der Waals surface area (Å²) in [6.07, 6.45) is -4.37. The normalized spacial score (nSPS) is 19.6. The number of rotatable bonds is 3. The van der Waals surface area contributed by atoms with E-state index in [1.165, 1.54) is 17.0 Å². The predicted octanol–water partition coefficient (Wildman–Crippen LogP) is 1.47. The van der Waals surface area contributed by atoms with Crippen molar-refractivity contribution in [1.29, 1.82) is 0 Å². The molecule has 1 heterocycles. The minimum Gasteiger partial charge on any atom is -0.394 e. The van der Waals surface area contributed by atoms with Crippen LogP contribution in [0.25, 0.3) is 0 Å². The van der Waals surface area contributed by atoms with Crippen LogP contribution >= 0.6 is 0 Å². The Morgan fingerprint density at radius 1 is 1.33 bits per heavy atom. The number of aliphatic hydroxyl groups excluding tert-OH is 1. The van der Waals surface area contributed by atoms with E-state index in [9.17, 15) is 23.1 Å². The van der Waals surface area contributed by atoms with Gasteiger partial charge in [-0.05, 0) is 17.7 Å². The van der Waals surface area contributed by atoms with Gasteiger partial charge in [0, 0.05) is 6.54 Å². The molecule has 1 unspecified atom stereocenters. The van der Waals surface area contributed by atoms with Gasteiger partial charge in [-0.3, -0.25) is 4.79 Å². The summed E-state index contributed by atoms with van der Waals surface area (Å²) in [5.41, 5.74) is -0.227. The van der Waals surface area contributed by atoms with Gasteiger partial charge in [-0.25, -0.2) is 0 Å². The fourth-order valence-corrected chi connectivity index (χ4v) is 2.22. The monoisotopic (exact) mass is 303 g/mol. The quantitative estimate of drug-likeness (QED) is 0.920. The smallest absolute Gasteiger partial charge is 0.394 e. The SMILES string of the molecule is O=C(Cc1ccc(C(F)(F)F)cc1)N1CCOCC1CO. The average molecular weight is 303 g/mol. The first-order valence-corrected chi connectivity index (χ1v) is 6.56. The minimum atomic E-state index is -4.38. The number of nitrogens with zero attached hydrogens (tertiary/aromatic N) is 1. The van der Waals surface area contributed by atoms with E-state index >= 15 is 0 Å². The Balaban J connectivity index is 2.02. The van der Waals surface area contributed by atoms with Gasteiger partial charge in [-0.15, -0.1) is 0 Å². The van der Waals surface area contributed by atoms with Gasteiger partial charge in [0.25, 0.3) is 0 Å². The third-order valence-electron chi connectivity index (χ3n) is 3.40. The number of hydrogen-bond donors (Lipinski definition) is 1. The maximum atomic E-state index is 12.5. The second-order valence-corrected chi connectivity index (χ2v) is 4.87. The number of alkyl halides is 3. The van der Waals surface area contributed by atoms with Crippen LogP contribution in [0.5, 0.6) is 0 Å². The maximum absolute atomic E-state index is 12.5. The van der Waals surface area contributed by atoms with Crippen molar-refractivity contribution in [3.8, 4) is 0 Å². The standard InChI is InChI=1S/C14H16F3NO3/c15-14(16,17)11-3-1-10(2-4-11)7-13(20)18-5-6-21-9-12(18)8-19/h1-4,12,19H,5-9H2. The molecule has 1 aromatic carbocycles. The van der Waals surface area contributed by atoms with E-state index in [4.69, 9.17) is 4.74 Å². The molecule has 1 atom stereocenters. The molecule has 0 bridgehead atoms. The molecule has 1 aromatic rings. The molecule has 0 aliphatic carbocycles. The van der Waals surface area contributed by atoms with Gasteiger partial charge < -0.3 is 14.7 Å². The summed E-state index contributed by atoms with van der Waals surface area (Å²) in [5.74, 6) is -0.225. The number of hydrogen-bond acceptors (Lipinski definition) is 3. The molecule has 1 saturated heterocycles. The zero-order valence-corrected chi connectivity index (χ0v) is 11.3. The molecule has 0 radical (unpaired) electrons. The van der Waals surface area contributed by atoms with E-state index in [2.05, 4.69) is 0 Å². The Labute approximate surface area is 120 Å². The first-order chi connectivity index (χ1) is 9.91. The van der Waals surface area contributed by atoms with E-state index in [0.29, 0.717) is 18.7 Å². The number of aliphatic hydroxyl groups is 1. The van der Waals surface area contributed by atoms with Gasteiger partial charge in [-0.2, -0.15) is 13.2 Å². The van der Waals surface area contributed by atoms with E-state index in [0.717, 1.165) is 12.1 Å². The molecule has 0 saturated carbocycles. The predicted molar refractivity (Wildman–Crippen MR) is 68.6 cm³/mol. The fraction of sp³-hybridized carbons (Fsp3) is 0.500. The van der Waals surface area contributed by atoms with Crippen molar-refractivity contribution in [3.63, 3.8) is 0 Å². The van der Waals surface area contributed by atoms with Crippen molar-refractivity contribution < 1.29 is 27.8 Å². The zero-order valence-electron chi connectivity index (χ0n) is 11.3. The van der Waals surface area contributed by atoms with Crippen LogP contribution in [0.15, 0.2) is 24.3 Å². The number of ether oxygens (including phenoxy) is 1. The van der Waals surface area contributed by atoms with Crippen LogP contribution in [0, 0.1) is 0 Å². The van der Waals surface area contributed by atoms with Crippen molar-refractivity contribution >= 4 is 5.91 Å². The van der Waals surface area contributed by atoms with Crippen molar-refractivity contribution in [3.05, 3.63) is 35.4 Å². The number of benzene rings is 1. The summed E-state index contributed by atoms with van der Waals surface area (Å²) in [7, 11) is 0. The average Bonchev–Trinajstić information content (AvgIpc) is 2.46. The third kappa shape index (κ3) is 3.95. The Bertz CT molecular complexity index is 487. The highest BCUT2D eigenvalue weighted by Gasteiger charge is 2.30. The Morgan fingerprint density at radius 2 is 2.00 bits per heavy atom. The van der Waals surface area contributed by atoms with Gasteiger partial charge in [0.05, 0.1) is 37.8 Å². The second kappa shape index (κ2) is 6.44. The van der Waals surface area contributed by atoms with Gasteiger partial charge in [-0.1, -0.05) is 12.1 Å². The van der Waals surface area contributed by atoms with Crippen molar-refractivity contribution in [2.24, 2.45) is 0 Å². The lowest BCUT2D eigenvalue weighted by molar-refractivity contribution is -0.140. The van der Waals surface area contributed by atoms with Crippen LogP contribution < -0.4 is 0 Å². The highest BCUT2D eigenvalue weighted by Crippen LogP contribution is 2.29. The molecule has 2 rings (SSSR count). The molecule has 0 aromatic heterocycles. The molecular weight excluding hydrogens is 287 g/mol. The molecule has 1 fully saturated rings. The van der Waals surface area contributed by atoms with Gasteiger partial charge >= 0.3 is 6.18 Å². The van der Waals surface area contributed by atoms with Crippen LogP contribution in [0.3, 0.4) is 0 Å². The molecule has 1 aliphatic heterocycles. The van der Waals surface area contributed by atoms with Gasteiger partial charge in [0.1, 0.15) is 0 Å². The topological polar surface area (TPSA) is 49.8 Å². The molecule has 7 heteroatoms. The van der Waals surface area contributed by atoms with Crippen LogP contribution in [0.1, 0.15) is 11.1 Å². The van der Waals surface area contributed by atoms with E-state index in [1.54, 1.807) is 0 Å². The first-order valence-electron chi connectivity index (χ1n) is 6.56. The van der Waals surface area contributed by atoms with E-state index < -0.39 is 11.7 Å². The van der Waals surface area contributed by atoms with Crippen LogP contribution in [0.4, 0.5) is 13.2 Å². The van der Waals surface area contributed by atoms with Crippen molar-refractivity contribution in [1.82, 2.24) is 4.90 Å². The summed E-state index contributed by atoms with van der Waals surface area (Å²) < 4.78 is 42.5. The first kappa shape index (κ1) is 15.8. The lowest BCUT2D eigenvalue weighted by Gasteiger charge is -2.34. The lowest BCUT2D eigenvalue weighted by Crippen LogP contribution is -2.51. The molecule has 1 aliphatic rings.